The summed E-state index contributed by atoms with van der Waals surface area (Å²) in [5, 5.41) is 26.0. The minimum Gasteiger partial charge on any atom is -0.497 e. The van der Waals surface area contributed by atoms with E-state index in [-0.39, 0.29) is 9.75 Å². The summed E-state index contributed by atoms with van der Waals surface area (Å²) < 4.78 is 22.0. The summed E-state index contributed by atoms with van der Waals surface area (Å²) in [4.78, 5) is 25.1. The lowest BCUT2D eigenvalue weighted by molar-refractivity contribution is -0.420. The van der Waals surface area contributed by atoms with Crippen molar-refractivity contribution in [3.05, 3.63) is 271 Å². The predicted molar refractivity (Wildman–Crippen MR) is 295 cm³/mol. The van der Waals surface area contributed by atoms with Crippen molar-refractivity contribution in [2.24, 2.45) is 0 Å². The van der Waals surface area contributed by atoms with E-state index >= 15 is 0 Å². The number of benzene rings is 8. The summed E-state index contributed by atoms with van der Waals surface area (Å²) in [5.74, 6) is 2.86. The number of nitro groups is 2. The monoisotopic (exact) mass is 984 g/mol. The highest BCUT2D eigenvalue weighted by atomic mass is 32.1. The number of ether oxygens (including phenoxy) is 4. The molecule has 0 fully saturated rings. The first-order chi connectivity index (χ1) is 35.7. The van der Waals surface area contributed by atoms with E-state index in [0.717, 1.165) is 78.1 Å². The summed E-state index contributed by atoms with van der Waals surface area (Å²) in [5.41, 5.74) is 10.8. The van der Waals surface area contributed by atoms with Gasteiger partial charge in [0, 0.05) is 0 Å². The van der Waals surface area contributed by atoms with Crippen LogP contribution in [-0.4, -0.2) is 38.3 Å². The van der Waals surface area contributed by atoms with Gasteiger partial charge in [-0.05, 0) is 126 Å². The van der Waals surface area contributed by atoms with Gasteiger partial charge in [0.15, 0.2) is 0 Å². The first-order valence-electron chi connectivity index (χ1n) is 23.5. The van der Waals surface area contributed by atoms with Crippen LogP contribution in [0.5, 0.6) is 23.0 Å². The van der Waals surface area contributed by atoms with Crippen molar-refractivity contribution in [3.8, 4) is 43.9 Å². The summed E-state index contributed by atoms with van der Waals surface area (Å²) in [6, 6.07) is 66.2. The largest absolute Gasteiger partial charge is 0.497 e. The Hall–Kier alpha value is -9.06. The van der Waals surface area contributed by atoms with Crippen molar-refractivity contribution in [3.63, 3.8) is 0 Å². The number of thiophene rings is 1. The zero-order valence-electron chi connectivity index (χ0n) is 41.2. The second-order valence-corrected chi connectivity index (χ2v) is 17.3. The van der Waals surface area contributed by atoms with Crippen molar-refractivity contribution in [1.29, 1.82) is 0 Å². The molecule has 0 aliphatic heterocycles. The molecular formula is C62H52N2O8S. The molecule has 0 spiro atoms. The number of hydrogen-bond donors (Lipinski definition) is 0. The van der Waals surface area contributed by atoms with Crippen molar-refractivity contribution in [2.75, 3.05) is 28.4 Å². The van der Waals surface area contributed by atoms with Crippen molar-refractivity contribution < 1.29 is 28.8 Å². The fourth-order valence-corrected chi connectivity index (χ4v) is 10.0. The van der Waals surface area contributed by atoms with Crippen LogP contribution in [0.3, 0.4) is 0 Å². The number of hydrogen-bond acceptors (Lipinski definition) is 9. The molecule has 9 aromatic rings. The van der Waals surface area contributed by atoms with Gasteiger partial charge in [-0.1, -0.05) is 172 Å². The predicted octanol–water partition coefficient (Wildman–Crippen LogP) is 16.0. The Labute approximate surface area is 429 Å². The molecular weight excluding hydrogens is 933 g/mol. The first-order valence-corrected chi connectivity index (χ1v) is 24.4. The zero-order valence-corrected chi connectivity index (χ0v) is 42.0. The molecule has 8 aromatic carbocycles. The van der Waals surface area contributed by atoms with E-state index in [4.69, 9.17) is 18.9 Å². The summed E-state index contributed by atoms with van der Waals surface area (Å²) in [6.07, 6.45) is 0. The average molecular weight is 985 g/mol. The third-order valence-electron chi connectivity index (χ3n) is 12.2. The van der Waals surface area contributed by atoms with E-state index in [1.807, 2.05) is 196 Å². The van der Waals surface area contributed by atoms with Crippen molar-refractivity contribution >= 4 is 45.0 Å². The van der Waals surface area contributed by atoms with E-state index < -0.39 is 21.2 Å². The molecule has 364 valence electrons. The maximum absolute atomic E-state index is 13.0. The van der Waals surface area contributed by atoms with E-state index in [0.29, 0.717) is 34.1 Å². The lowest BCUT2D eigenvalue weighted by atomic mass is 9.85. The van der Waals surface area contributed by atoms with E-state index in [1.54, 1.807) is 52.7 Å². The zero-order chi connectivity index (χ0) is 51.4. The van der Waals surface area contributed by atoms with Gasteiger partial charge in [0.05, 0.1) is 38.3 Å². The minimum absolute atomic E-state index is 0.175. The highest BCUT2D eigenvalue weighted by Gasteiger charge is 2.38. The second kappa shape index (κ2) is 23.2. The topological polar surface area (TPSA) is 123 Å². The normalized spacial score (nSPS) is 10.5. The molecule has 9 rings (SSSR count). The van der Waals surface area contributed by atoms with Crippen LogP contribution in [0.4, 0.5) is 11.4 Å². The first kappa shape index (κ1) is 50.3. The quantitative estimate of drug-likeness (QED) is 0.0533. The molecule has 0 bridgehead atoms. The van der Waals surface area contributed by atoms with Gasteiger partial charge >= 0.3 is 11.4 Å². The Morgan fingerprint density at radius 3 is 0.740 bits per heavy atom. The second-order valence-electron chi connectivity index (χ2n) is 16.3. The maximum atomic E-state index is 13.0. The van der Waals surface area contributed by atoms with E-state index in [1.165, 1.54) is 0 Å². The lowest BCUT2D eigenvalue weighted by Gasteiger charge is -2.19. The van der Waals surface area contributed by atoms with Crippen LogP contribution in [0.15, 0.2) is 206 Å². The Bertz CT molecular complexity index is 3060. The van der Waals surface area contributed by atoms with Gasteiger partial charge in [0.25, 0.3) is 0 Å². The van der Waals surface area contributed by atoms with Crippen LogP contribution in [0.2, 0.25) is 0 Å². The van der Waals surface area contributed by atoms with Gasteiger partial charge in [-0.15, -0.1) is 11.3 Å². The fraction of sp³-hybridized carbons (Fsp3) is 0.0968. The Morgan fingerprint density at radius 2 is 0.534 bits per heavy atom. The number of methoxy groups -OCH3 is 4. The molecule has 0 unspecified atom stereocenters. The molecule has 0 N–H and O–H groups in total. The van der Waals surface area contributed by atoms with Crippen LogP contribution in [-0.2, 0) is 0 Å². The lowest BCUT2D eigenvalue weighted by Crippen LogP contribution is -1.98. The molecule has 11 heteroatoms. The maximum Gasteiger partial charge on any atom is 0.365 e. The smallest absolute Gasteiger partial charge is 0.365 e. The van der Waals surface area contributed by atoms with Gasteiger partial charge in [0.2, 0.25) is 0 Å². The third-order valence-corrected chi connectivity index (χ3v) is 13.5. The van der Waals surface area contributed by atoms with Crippen molar-refractivity contribution in [2.45, 2.75) is 13.8 Å². The molecule has 1 aromatic heterocycles. The Kier molecular flexibility index (Phi) is 16.0. The van der Waals surface area contributed by atoms with Gasteiger partial charge in [-0.25, -0.2) is 0 Å². The summed E-state index contributed by atoms with van der Waals surface area (Å²) >= 11 is 1.03. The third kappa shape index (κ3) is 10.8. The fourth-order valence-electron chi connectivity index (χ4n) is 8.78. The molecule has 10 nitrogen and oxygen atoms in total. The molecule has 0 aliphatic rings. The van der Waals surface area contributed by atoms with Crippen LogP contribution in [0.25, 0.3) is 43.2 Å². The number of nitrogens with zero attached hydrogens (tertiary/aromatic N) is 2. The molecule has 0 saturated carbocycles. The molecule has 0 atom stereocenters. The molecule has 0 aliphatic carbocycles. The highest BCUT2D eigenvalue weighted by Crippen LogP contribution is 2.52. The SMILES string of the molecule is CC.COc1ccc(C(=C(c2ccccc2)c2ccc(-c3sc(-c4ccc(C(=C(c5ccc(OC)cc5)c5ccc(OC)cc5)c5ccccc5)cc4)c([N+](=O)[O-])c3[N+](=O)[O-])cc2)c2ccc(OC)cc2)cc1. The van der Waals surface area contributed by atoms with Gasteiger partial charge in [0.1, 0.15) is 32.8 Å². The standard InChI is InChI=1S/C60H46N2O8S.C2H6/c1-67-49-31-23-43(24-32-49)55(44-25-33-50(68-2)34-26-44)53(39-11-7-5-8-12-39)41-15-19-47(20-16-41)59-57(61(63)64)58(62(65)66)60(71-59)48-21-17-42(18-22-48)54(40-13-9-6-10-14-40)56(45-27-35-51(69-3)36-28-45)46-29-37-52(70-4)38-30-46;1-2/h5-38H,1-4H3;1-2H3. The Balaban J connectivity index is 0.00000351. The van der Waals surface area contributed by atoms with Crippen LogP contribution >= 0.6 is 11.3 Å². The summed E-state index contributed by atoms with van der Waals surface area (Å²) in [6.45, 7) is 4.00. The van der Waals surface area contributed by atoms with Gasteiger partial charge in [-0.3, -0.25) is 20.2 Å². The molecule has 73 heavy (non-hydrogen) atoms. The van der Waals surface area contributed by atoms with Crippen LogP contribution < -0.4 is 18.9 Å². The summed E-state index contributed by atoms with van der Waals surface area (Å²) in [7, 11) is 6.51. The molecule has 0 saturated heterocycles. The number of rotatable bonds is 16. The van der Waals surface area contributed by atoms with Gasteiger partial charge in [-0.2, -0.15) is 0 Å². The van der Waals surface area contributed by atoms with Gasteiger partial charge < -0.3 is 18.9 Å². The minimum atomic E-state index is -0.650. The van der Waals surface area contributed by atoms with E-state index in [9.17, 15) is 20.2 Å². The molecule has 0 amide bonds. The average Bonchev–Trinajstić information content (AvgIpc) is 3.87. The molecule has 0 radical (unpaired) electrons. The highest BCUT2D eigenvalue weighted by molar-refractivity contribution is 7.20. The van der Waals surface area contributed by atoms with E-state index in [2.05, 4.69) is 0 Å². The van der Waals surface area contributed by atoms with Crippen LogP contribution in [0, 0.1) is 20.2 Å². The van der Waals surface area contributed by atoms with Crippen molar-refractivity contribution in [1.82, 2.24) is 0 Å². The molecule has 1 heterocycles. The Morgan fingerprint density at radius 1 is 0.329 bits per heavy atom. The van der Waals surface area contributed by atoms with Crippen LogP contribution in [0.1, 0.15) is 58.4 Å².